The number of halogens is 5. The Morgan fingerprint density at radius 3 is 2.28 bits per heavy atom. The molecule has 136 valence electrons. The number of alkyl halides is 3. The molecule has 0 aromatic heterocycles. The van der Waals surface area contributed by atoms with Crippen molar-refractivity contribution in [1.82, 2.24) is 0 Å². The van der Waals surface area contributed by atoms with Crippen LogP contribution in [0.3, 0.4) is 0 Å². The zero-order valence-corrected chi connectivity index (χ0v) is 14.6. The van der Waals surface area contributed by atoms with Gasteiger partial charge in [-0.05, 0) is 33.6 Å². The average molecular weight is 444 g/mol. The van der Waals surface area contributed by atoms with Crippen LogP contribution in [-0.4, -0.2) is 16.4 Å². The summed E-state index contributed by atoms with van der Waals surface area (Å²) in [5, 5.41) is 20.9. The van der Waals surface area contributed by atoms with Gasteiger partial charge in [-0.25, -0.2) is 0 Å². The molecular formula is C14H11BrClF3N2O4. The quantitative estimate of drug-likeness (QED) is 0.538. The number of hydrogen-bond acceptors (Lipinski definition) is 5. The number of non-ortho nitro benzene ring substituents is 1. The number of benzene rings is 2. The standard InChI is InChI=1S/C14H10BrF3N2O4.ClH/c15-11-6-8(20(22)23)5-10(13(11)21)12(19)7-1-3-9(4-2-7)24-14(16,17)18;/h1-6,12,21H,19H2;1H/t12-;/m1./s1. The highest BCUT2D eigenvalue weighted by atomic mass is 79.9. The summed E-state index contributed by atoms with van der Waals surface area (Å²) in [6, 6.07) is 5.91. The molecular weight excluding hydrogens is 433 g/mol. The number of hydrogen-bond donors (Lipinski definition) is 2. The first-order chi connectivity index (χ1) is 11.1. The van der Waals surface area contributed by atoms with E-state index < -0.39 is 23.1 Å². The summed E-state index contributed by atoms with van der Waals surface area (Å²) in [7, 11) is 0. The van der Waals surface area contributed by atoms with Crippen LogP contribution < -0.4 is 10.5 Å². The van der Waals surface area contributed by atoms with Crippen molar-refractivity contribution in [3.05, 3.63) is 62.1 Å². The van der Waals surface area contributed by atoms with Crippen LogP contribution in [0, 0.1) is 10.1 Å². The Balaban J connectivity index is 0.00000312. The summed E-state index contributed by atoms with van der Waals surface area (Å²) in [5.74, 6) is -0.716. The predicted octanol–water partition coefficient (Wildman–Crippen LogP) is 4.43. The molecule has 0 heterocycles. The number of ether oxygens (including phenoxy) is 1. The predicted molar refractivity (Wildman–Crippen MR) is 88.9 cm³/mol. The van der Waals surface area contributed by atoms with Crippen molar-refractivity contribution in [3.63, 3.8) is 0 Å². The average Bonchev–Trinajstić information content (AvgIpc) is 2.48. The second kappa shape index (κ2) is 7.89. The third-order valence-corrected chi connectivity index (χ3v) is 3.70. The molecule has 25 heavy (non-hydrogen) atoms. The van der Waals surface area contributed by atoms with Gasteiger partial charge in [-0.3, -0.25) is 10.1 Å². The summed E-state index contributed by atoms with van der Waals surface area (Å²) in [4.78, 5) is 10.2. The lowest BCUT2D eigenvalue weighted by Gasteiger charge is -2.16. The van der Waals surface area contributed by atoms with E-state index in [4.69, 9.17) is 5.73 Å². The van der Waals surface area contributed by atoms with Gasteiger partial charge in [-0.2, -0.15) is 0 Å². The van der Waals surface area contributed by atoms with Crippen LogP contribution in [0.1, 0.15) is 17.2 Å². The number of phenols is 1. The summed E-state index contributed by atoms with van der Waals surface area (Å²) in [6.07, 6.45) is -4.81. The fraction of sp³-hybridized carbons (Fsp3) is 0.143. The maximum Gasteiger partial charge on any atom is 0.573 e. The molecule has 0 spiro atoms. The summed E-state index contributed by atoms with van der Waals surface area (Å²) in [5.41, 5.74) is 6.07. The van der Waals surface area contributed by atoms with E-state index in [2.05, 4.69) is 20.7 Å². The highest BCUT2D eigenvalue weighted by molar-refractivity contribution is 9.10. The topological polar surface area (TPSA) is 98.6 Å². The van der Waals surface area contributed by atoms with E-state index >= 15 is 0 Å². The van der Waals surface area contributed by atoms with Crippen molar-refractivity contribution < 1.29 is 27.9 Å². The monoisotopic (exact) mass is 442 g/mol. The van der Waals surface area contributed by atoms with Gasteiger partial charge in [0.2, 0.25) is 0 Å². The van der Waals surface area contributed by atoms with Crippen LogP contribution in [0.2, 0.25) is 0 Å². The first-order valence-electron chi connectivity index (χ1n) is 6.36. The first-order valence-corrected chi connectivity index (χ1v) is 7.16. The molecule has 0 radical (unpaired) electrons. The molecule has 2 rings (SSSR count). The van der Waals surface area contributed by atoms with Gasteiger partial charge in [0.1, 0.15) is 11.5 Å². The third-order valence-electron chi connectivity index (χ3n) is 3.10. The number of nitro benzene ring substituents is 1. The van der Waals surface area contributed by atoms with E-state index in [0.29, 0.717) is 5.56 Å². The van der Waals surface area contributed by atoms with Gasteiger partial charge < -0.3 is 15.6 Å². The van der Waals surface area contributed by atoms with Gasteiger partial charge in [-0.1, -0.05) is 12.1 Å². The van der Waals surface area contributed by atoms with E-state index in [0.717, 1.165) is 24.3 Å². The Kier molecular flexibility index (Phi) is 6.63. The first kappa shape index (κ1) is 21.0. The molecule has 2 aromatic carbocycles. The Morgan fingerprint density at radius 2 is 1.80 bits per heavy atom. The Hall–Kier alpha value is -2.04. The van der Waals surface area contributed by atoms with Gasteiger partial charge in [0.05, 0.1) is 15.4 Å². The van der Waals surface area contributed by atoms with Gasteiger partial charge in [-0.15, -0.1) is 25.6 Å². The fourth-order valence-corrected chi connectivity index (χ4v) is 2.47. The zero-order chi connectivity index (χ0) is 18.1. The van der Waals surface area contributed by atoms with Crippen molar-refractivity contribution in [2.45, 2.75) is 12.4 Å². The fourth-order valence-electron chi connectivity index (χ4n) is 2.00. The molecule has 0 aliphatic heterocycles. The van der Waals surface area contributed by atoms with E-state index in [1.165, 1.54) is 12.1 Å². The molecule has 0 unspecified atom stereocenters. The lowest BCUT2D eigenvalue weighted by Crippen LogP contribution is -2.17. The van der Waals surface area contributed by atoms with Crippen LogP contribution in [0.4, 0.5) is 18.9 Å². The van der Waals surface area contributed by atoms with Crippen LogP contribution in [0.25, 0.3) is 0 Å². The maximum atomic E-state index is 12.1. The van der Waals surface area contributed by atoms with Crippen molar-refractivity contribution in [3.8, 4) is 11.5 Å². The highest BCUT2D eigenvalue weighted by Gasteiger charge is 2.31. The Bertz CT molecular complexity index is 772. The van der Waals surface area contributed by atoms with Crippen molar-refractivity contribution >= 4 is 34.0 Å². The molecule has 1 atom stereocenters. The number of nitrogens with zero attached hydrogens (tertiary/aromatic N) is 1. The van der Waals surface area contributed by atoms with E-state index in [9.17, 15) is 28.4 Å². The van der Waals surface area contributed by atoms with Crippen LogP contribution >= 0.6 is 28.3 Å². The smallest absolute Gasteiger partial charge is 0.506 e. The number of rotatable bonds is 4. The van der Waals surface area contributed by atoms with Crippen LogP contribution in [0.15, 0.2) is 40.9 Å². The molecule has 3 N–H and O–H groups in total. The zero-order valence-electron chi connectivity index (χ0n) is 12.2. The Labute approximate surface area is 154 Å². The molecule has 2 aromatic rings. The molecule has 0 saturated heterocycles. The maximum absolute atomic E-state index is 12.1. The van der Waals surface area contributed by atoms with Crippen LogP contribution in [-0.2, 0) is 0 Å². The van der Waals surface area contributed by atoms with E-state index in [1.54, 1.807) is 0 Å². The van der Waals surface area contributed by atoms with Crippen LogP contribution in [0.5, 0.6) is 11.5 Å². The number of phenolic OH excluding ortho intramolecular Hbond substituents is 1. The van der Waals surface area contributed by atoms with Gasteiger partial charge in [0, 0.05) is 17.7 Å². The van der Waals surface area contributed by atoms with Gasteiger partial charge in [0.15, 0.2) is 0 Å². The minimum Gasteiger partial charge on any atom is -0.506 e. The number of nitrogens with two attached hydrogens (primary N) is 1. The highest BCUT2D eigenvalue weighted by Crippen LogP contribution is 2.37. The van der Waals surface area contributed by atoms with Crippen molar-refractivity contribution in [2.75, 3.05) is 0 Å². The van der Waals surface area contributed by atoms with E-state index in [1.807, 2.05) is 0 Å². The van der Waals surface area contributed by atoms with Crippen molar-refractivity contribution in [2.24, 2.45) is 5.73 Å². The number of aromatic hydroxyl groups is 1. The lowest BCUT2D eigenvalue weighted by molar-refractivity contribution is -0.385. The lowest BCUT2D eigenvalue weighted by atomic mass is 9.98. The molecule has 0 aliphatic rings. The summed E-state index contributed by atoms with van der Waals surface area (Å²) >= 11 is 3.00. The van der Waals surface area contributed by atoms with Gasteiger partial charge >= 0.3 is 6.36 Å². The SMILES string of the molecule is Cl.N[C@H](c1ccc(OC(F)(F)F)cc1)c1cc([N+](=O)[O-])cc(Br)c1O. The molecule has 6 nitrogen and oxygen atoms in total. The van der Waals surface area contributed by atoms with Crippen molar-refractivity contribution in [1.29, 1.82) is 0 Å². The van der Waals surface area contributed by atoms with E-state index in [-0.39, 0.29) is 33.9 Å². The van der Waals surface area contributed by atoms with Gasteiger partial charge in [0.25, 0.3) is 5.69 Å². The summed E-state index contributed by atoms with van der Waals surface area (Å²) in [6.45, 7) is 0. The normalized spacial score (nSPS) is 12.2. The molecule has 0 fully saturated rings. The minimum absolute atomic E-state index is 0. The molecule has 0 amide bonds. The Morgan fingerprint density at radius 1 is 1.24 bits per heavy atom. The number of nitro groups is 1. The molecule has 0 aliphatic carbocycles. The molecule has 0 saturated carbocycles. The largest absolute Gasteiger partial charge is 0.573 e. The molecule has 11 heteroatoms. The second-order valence-corrected chi connectivity index (χ2v) is 5.57. The minimum atomic E-state index is -4.81. The molecule has 0 bridgehead atoms. The third kappa shape index (κ3) is 5.21. The summed E-state index contributed by atoms with van der Waals surface area (Å²) < 4.78 is 40.2. The second-order valence-electron chi connectivity index (χ2n) is 4.72.